The SMILES string of the molecule is CN(C)CC1CC(O)CN1CCC(N)c1ccc(Cl)cc1. The molecular formula is C16H26ClN3O. The number of hydrogen-bond donors (Lipinski definition) is 2. The van der Waals surface area contributed by atoms with Crippen LogP contribution in [0, 0.1) is 0 Å². The number of benzene rings is 1. The zero-order valence-corrected chi connectivity index (χ0v) is 13.6. The lowest BCUT2D eigenvalue weighted by Crippen LogP contribution is -2.38. The monoisotopic (exact) mass is 311 g/mol. The van der Waals surface area contributed by atoms with Crippen LogP contribution in [0.3, 0.4) is 0 Å². The summed E-state index contributed by atoms with van der Waals surface area (Å²) in [7, 11) is 4.14. The standard InChI is InChI=1S/C16H26ClN3O/c1-19(2)10-14-9-15(21)11-20(14)8-7-16(18)12-3-5-13(17)6-4-12/h3-6,14-16,21H,7-11,18H2,1-2H3. The molecule has 0 spiro atoms. The Bertz CT molecular complexity index is 438. The number of aliphatic hydroxyl groups excluding tert-OH is 1. The number of nitrogens with zero attached hydrogens (tertiary/aromatic N) is 2. The molecule has 4 nitrogen and oxygen atoms in total. The first kappa shape index (κ1) is 16.7. The van der Waals surface area contributed by atoms with Gasteiger partial charge in [0.15, 0.2) is 0 Å². The van der Waals surface area contributed by atoms with Gasteiger partial charge in [0.05, 0.1) is 6.10 Å². The second-order valence-corrected chi connectivity index (χ2v) is 6.68. The van der Waals surface area contributed by atoms with E-state index >= 15 is 0 Å². The third-order valence-corrected chi connectivity index (χ3v) is 4.36. The Morgan fingerprint density at radius 3 is 2.67 bits per heavy atom. The molecule has 0 bridgehead atoms. The van der Waals surface area contributed by atoms with Gasteiger partial charge in [-0.05, 0) is 44.6 Å². The van der Waals surface area contributed by atoms with Gasteiger partial charge in [-0.3, -0.25) is 4.90 Å². The van der Waals surface area contributed by atoms with Crippen molar-refractivity contribution in [2.75, 3.05) is 33.7 Å². The van der Waals surface area contributed by atoms with Gasteiger partial charge < -0.3 is 15.7 Å². The number of β-amino-alcohol motifs (C(OH)–C–C–N with tert-alkyl or cyclic N) is 1. The van der Waals surface area contributed by atoms with E-state index in [0.717, 1.165) is 43.1 Å². The van der Waals surface area contributed by atoms with Crippen molar-refractivity contribution in [2.24, 2.45) is 5.73 Å². The Kier molecular flexibility index (Phi) is 6.02. The maximum Gasteiger partial charge on any atom is 0.0682 e. The third-order valence-electron chi connectivity index (χ3n) is 4.11. The van der Waals surface area contributed by atoms with Crippen LogP contribution in [0.25, 0.3) is 0 Å². The van der Waals surface area contributed by atoms with E-state index in [1.54, 1.807) is 0 Å². The van der Waals surface area contributed by atoms with E-state index < -0.39 is 0 Å². The number of likely N-dealkylation sites (N-methyl/N-ethyl adjacent to an activating group) is 1. The van der Waals surface area contributed by atoms with Crippen LogP contribution >= 0.6 is 11.6 Å². The average molecular weight is 312 g/mol. The van der Waals surface area contributed by atoms with Gasteiger partial charge in [-0.25, -0.2) is 0 Å². The highest BCUT2D eigenvalue weighted by Gasteiger charge is 2.30. The van der Waals surface area contributed by atoms with E-state index in [2.05, 4.69) is 23.9 Å². The second-order valence-electron chi connectivity index (χ2n) is 6.25. The molecule has 5 heteroatoms. The van der Waals surface area contributed by atoms with Gasteiger partial charge in [-0.1, -0.05) is 23.7 Å². The molecule has 0 aliphatic carbocycles. The summed E-state index contributed by atoms with van der Waals surface area (Å²) in [6.45, 7) is 2.65. The van der Waals surface area contributed by atoms with Crippen LogP contribution in [0.5, 0.6) is 0 Å². The molecule has 1 fully saturated rings. The Hall–Kier alpha value is -0.650. The van der Waals surface area contributed by atoms with E-state index in [0.29, 0.717) is 6.04 Å². The fourth-order valence-electron chi connectivity index (χ4n) is 3.02. The molecule has 2 rings (SSSR count). The van der Waals surface area contributed by atoms with Crippen LogP contribution < -0.4 is 5.73 Å². The normalized spacial score (nSPS) is 24.7. The third kappa shape index (κ3) is 4.94. The first-order valence-electron chi connectivity index (χ1n) is 7.53. The molecule has 1 aromatic rings. The van der Waals surface area contributed by atoms with Crippen molar-refractivity contribution in [3.8, 4) is 0 Å². The van der Waals surface area contributed by atoms with Crippen molar-refractivity contribution in [3.63, 3.8) is 0 Å². The van der Waals surface area contributed by atoms with Gasteiger partial charge >= 0.3 is 0 Å². The van der Waals surface area contributed by atoms with E-state index in [1.165, 1.54) is 0 Å². The molecule has 118 valence electrons. The molecule has 1 saturated heterocycles. The van der Waals surface area contributed by atoms with Crippen LogP contribution in [0.4, 0.5) is 0 Å². The highest BCUT2D eigenvalue weighted by atomic mass is 35.5. The lowest BCUT2D eigenvalue weighted by molar-refractivity contribution is 0.170. The number of aliphatic hydroxyl groups is 1. The number of rotatable bonds is 6. The Morgan fingerprint density at radius 1 is 1.38 bits per heavy atom. The van der Waals surface area contributed by atoms with Crippen molar-refractivity contribution in [3.05, 3.63) is 34.9 Å². The molecule has 1 aliphatic heterocycles. The predicted octanol–water partition coefficient (Wildman–Crippen LogP) is 1.73. The van der Waals surface area contributed by atoms with E-state index in [9.17, 15) is 5.11 Å². The van der Waals surface area contributed by atoms with Crippen molar-refractivity contribution in [2.45, 2.75) is 31.0 Å². The Labute approximate surface area is 132 Å². The van der Waals surface area contributed by atoms with Gasteiger partial charge in [-0.15, -0.1) is 0 Å². The maximum atomic E-state index is 9.89. The highest BCUT2D eigenvalue weighted by molar-refractivity contribution is 6.30. The number of hydrogen-bond acceptors (Lipinski definition) is 4. The van der Waals surface area contributed by atoms with Gasteiger partial charge in [-0.2, -0.15) is 0 Å². The van der Waals surface area contributed by atoms with E-state index in [4.69, 9.17) is 17.3 Å². The first-order chi connectivity index (χ1) is 9.95. The molecule has 21 heavy (non-hydrogen) atoms. The molecule has 0 saturated carbocycles. The zero-order chi connectivity index (χ0) is 15.4. The summed E-state index contributed by atoms with van der Waals surface area (Å²) in [5.74, 6) is 0. The smallest absolute Gasteiger partial charge is 0.0682 e. The minimum Gasteiger partial charge on any atom is -0.392 e. The van der Waals surface area contributed by atoms with Gasteiger partial charge in [0, 0.05) is 36.7 Å². The lowest BCUT2D eigenvalue weighted by atomic mass is 10.0. The first-order valence-corrected chi connectivity index (χ1v) is 7.91. The summed E-state index contributed by atoms with van der Waals surface area (Å²) in [6.07, 6.45) is 1.54. The summed E-state index contributed by atoms with van der Waals surface area (Å²) in [5.41, 5.74) is 7.38. The lowest BCUT2D eigenvalue weighted by Gasteiger charge is -2.27. The number of halogens is 1. The Morgan fingerprint density at radius 2 is 2.05 bits per heavy atom. The van der Waals surface area contributed by atoms with Crippen LogP contribution in [0.2, 0.25) is 5.02 Å². The van der Waals surface area contributed by atoms with Gasteiger partial charge in [0.1, 0.15) is 0 Å². The molecule has 1 aliphatic rings. The van der Waals surface area contributed by atoms with Crippen LogP contribution in [0.1, 0.15) is 24.4 Å². The minimum atomic E-state index is -0.207. The fraction of sp³-hybridized carbons (Fsp3) is 0.625. The molecule has 1 aromatic carbocycles. The van der Waals surface area contributed by atoms with Crippen molar-refractivity contribution >= 4 is 11.6 Å². The minimum absolute atomic E-state index is 0.0139. The van der Waals surface area contributed by atoms with E-state index in [1.807, 2.05) is 24.3 Å². The highest BCUT2D eigenvalue weighted by Crippen LogP contribution is 2.22. The second kappa shape index (κ2) is 7.56. The molecular weight excluding hydrogens is 286 g/mol. The predicted molar refractivity (Wildman–Crippen MR) is 87.5 cm³/mol. The van der Waals surface area contributed by atoms with Crippen molar-refractivity contribution in [1.29, 1.82) is 0 Å². The quantitative estimate of drug-likeness (QED) is 0.840. The summed E-state index contributed by atoms with van der Waals surface area (Å²) in [5, 5.41) is 10.6. The summed E-state index contributed by atoms with van der Waals surface area (Å²) in [4.78, 5) is 4.54. The average Bonchev–Trinajstić information content (AvgIpc) is 2.76. The molecule has 3 N–H and O–H groups in total. The van der Waals surface area contributed by atoms with Gasteiger partial charge in [0.2, 0.25) is 0 Å². The van der Waals surface area contributed by atoms with Gasteiger partial charge in [0.25, 0.3) is 0 Å². The summed E-state index contributed by atoms with van der Waals surface area (Å²) >= 11 is 5.90. The molecule has 1 heterocycles. The topological polar surface area (TPSA) is 52.7 Å². The summed E-state index contributed by atoms with van der Waals surface area (Å²) in [6, 6.07) is 8.18. The van der Waals surface area contributed by atoms with Crippen molar-refractivity contribution in [1.82, 2.24) is 9.80 Å². The fourth-order valence-corrected chi connectivity index (χ4v) is 3.15. The largest absolute Gasteiger partial charge is 0.392 e. The van der Waals surface area contributed by atoms with Crippen LogP contribution in [0.15, 0.2) is 24.3 Å². The molecule has 0 aromatic heterocycles. The molecule has 0 amide bonds. The van der Waals surface area contributed by atoms with Crippen molar-refractivity contribution < 1.29 is 5.11 Å². The number of nitrogens with two attached hydrogens (primary N) is 1. The van der Waals surface area contributed by atoms with E-state index in [-0.39, 0.29) is 12.1 Å². The summed E-state index contributed by atoms with van der Waals surface area (Å²) < 4.78 is 0. The van der Waals surface area contributed by atoms with Crippen LogP contribution in [-0.4, -0.2) is 60.8 Å². The number of likely N-dealkylation sites (tertiary alicyclic amines) is 1. The molecule has 3 atom stereocenters. The molecule has 3 unspecified atom stereocenters. The van der Waals surface area contributed by atoms with Crippen LogP contribution in [-0.2, 0) is 0 Å². The Balaban J connectivity index is 1.87. The molecule has 0 radical (unpaired) electrons. The maximum absolute atomic E-state index is 9.89. The zero-order valence-electron chi connectivity index (χ0n) is 12.9.